The van der Waals surface area contributed by atoms with Crippen LogP contribution in [-0.4, -0.2) is 91.7 Å². The Morgan fingerprint density at radius 1 is 0.944 bits per heavy atom. The molecule has 4 aromatic rings. The van der Waals surface area contributed by atoms with Crippen LogP contribution in [0.15, 0.2) is 89.7 Å². The molecule has 0 spiro atoms. The van der Waals surface area contributed by atoms with E-state index in [2.05, 4.69) is 34.1 Å². The van der Waals surface area contributed by atoms with Crippen LogP contribution in [0.25, 0.3) is 6.08 Å². The highest BCUT2D eigenvalue weighted by Crippen LogP contribution is 2.41. The lowest BCUT2D eigenvalue weighted by molar-refractivity contribution is 0.0777. The lowest BCUT2D eigenvalue weighted by atomic mass is 9.76. The number of benzene rings is 2. The molecule has 0 bridgehead atoms. The Morgan fingerprint density at radius 3 is 2.37 bits per heavy atom. The normalized spacial score (nSPS) is 18.2. The second kappa shape index (κ2) is 18.3. The van der Waals surface area contributed by atoms with E-state index in [9.17, 15) is 9.59 Å². The van der Waals surface area contributed by atoms with E-state index >= 15 is 0 Å². The molecule has 2 aliphatic rings. The molecule has 11 nitrogen and oxygen atoms in total. The number of hydrogen-bond acceptors (Lipinski definition) is 9. The molecule has 2 aromatic carbocycles. The zero-order valence-corrected chi connectivity index (χ0v) is 31.9. The van der Waals surface area contributed by atoms with E-state index in [1.165, 1.54) is 5.56 Å². The van der Waals surface area contributed by atoms with Crippen LogP contribution in [-0.2, 0) is 23.3 Å². The maximum atomic E-state index is 14.0. The number of furan rings is 1. The number of nitrogens with zero attached hydrogens (tertiary/aromatic N) is 4. The standard InChI is InChI=1S/C43H52N4O7/c1-5-6-8-14-35-29-44-41(47(35)24-26-53-30-36-15-11-25-54-36)39(48)32-16-20-45(21-17-32)22-18-43(34-12-9-7-10-13-34)19-23-46(31-43)42(49)33-27-37(50-2)40(52-4)38(28-33)51-3/h5-15,25,27-29,32H,16-24,26,30-31H2,1-4H3. The lowest BCUT2D eigenvalue weighted by Gasteiger charge is -2.36. The highest BCUT2D eigenvalue weighted by Gasteiger charge is 2.42. The van der Waals surface area contributed by atoms with Crippen molar-refractivity contribution in [3.05, 3.63) is 114 Å². The second-order valence-corrected chi connectivity index (χ2v) is 13.9. The summed E-state index contributed by atoms with van der Waals surface area (Å²) < 4.78 is 29.8. The highest BCUT2D eigenvalue weighted by molar-refractivity contribution is 5.96. The van der Waals surface area contributed by atoms with Gasteiger partial charge in [0.15, 0.2) is 17.3 Å². The average Bonchev–Trinajstić information content (AvgIpc) is 4.00. The summed E-state index contributed by atoms with van der Waals surface area (Å²) in [5.41, 5.74) is 2.43. The van der Waals surface area contributed by atoms with Crippen molar-refractivity contribution in [1.82, 2.24) is 19.4 Å². The topological polar surface area (TPSA) is 109 Å². The van der Waals surface area contributed by atoms with Crippen LogP contribution in [0.4, 0.5) is 0 Å². The summed E-state index contributed by atoms with van der Waals surface area (Å²) in [4.78, 5) is 37.0. The van der Waals surface area contributed by atoms with E-state index in [4.69, 9.17) is 23.4 Å². The molecule has 2 saturated heterocycles. The molecule has 11 heteroatoms. The van der Waals surface area contributed by atoms with Crippen LogP contribution in [0.1, 0.15) is 70.6 Å². The van der Waals surface area contributed by atoms with Gasteiger partial charge in [0.2, 0.25) is 11.5 Å². The van der Waals surface area contributed by atoms with Gasteiger partial charge in [0.25, 0.3) is 5.91 Å². The third kappa shape index (κ3) is 8.80. The number of carbonyl (C=O) groups excluding carboxylic acids is 2. The van der Waals surface area contributed by atoms with E-state index in [1.807, 2.05) is 58.9 Å². The van der Waals surface area contributed by atoms with Crippen LogP contribution in [0.2, 0.25) is 0 Å². The minimum Gasteiger partial charge on any atom is -0.493 e. The average molecular weight is 737 g/mol. The van der Waals surface area contributed by atoms with Crippen molar-refractivity contribution < 1.29 is 33.0 Å². The van der Waals surface area contributed by atoms with E-state index in [0.29, 0.717) is 61.5 Å². The van der Waals surface area contributed by atoms with Gasteiger partial charge in [0.1, 0.15) is 12.4 Å². The molecular formula is C43H52N4O7. The molecule has 1 unspecified atom stereocenters. The molecule has 0 saturated carbocycles. The Balaban J connectivity index is 1.09. The van der Waals surface area contributed by atoms with Crippen LogP contribution >= 0.6 is 0 Å². The van der Waals surface area contributed by atoms with Crippen molar-refractivity contribution >= 4 is 17.8 Å². The number of imidazole rings is 1. The third-order valence-electron chi connectivity index (χ3n) is 10.8. The first-order valence-corrected chi connectivity index (χ1v) is 18.8. The third-order valence-corrected chi connectivity index (χ3v) is 10.8. The number of allylic oxidation sites excluding steroid dienone is 3. The summed E-state index contributed by atoms with van der Waals surface area (Å²) in [5, 5.41) is 0. The molecule has 6 rings (SSSR count). The molecule has 286 valence electrons. The molecule has 1 amide bonds. The largest absolute Gasteiger partial charge is 0.493 e. The Kier molecular flexibility index (Phi) is 13.1. The van der Waals surface area contributed by atoms with Crippen molar-refractivity contribution in [3.63, 3.8) is 0 Å². The van der Waals surface area contributed by atoms with Crippen molar-refractivity contribution in [2.45, 2.75) is 51.2 Å². The summed E-state index contributed by atoms with van der Waals surface area (Å²) >= 11 is 0. The fraction of sp³-hybridized carbons (Fsp3) is 0.419. The summed E-state index contributed by atoms with van der Waals surface area (Å²) in [5.74, 6) is 2.55. The summed E-state index contributed by atoms with van der Waals surface area (Å²) in [6, 6.07) is 17.7. The van der Waals surface area contributed by atoms with Crippen LogP contribution in [0.5, 0.6) is 17.2 Å². The van der Waals surface area contributed by atoms with Crippen molar-refractivity contribution in [2.75, 3.05) is 60.7 Å². The van der Waals surface area contributed by atoms with Gasteiger partial charge in [-0.1, -0.05) is 48.6 Å². The molecule has 1 atom stereocenters. The van der Waals surface area contributed by atoms with Gasteiger partial charge in [-0.2, -0.15) is 0 Å². The zero-order chi connectivity index (χ0) is 37.9. The summed E-state index contributed by atoms with van der Waals surface area (Å²) in [6.07, 6.45) is 14.6. The summed E-state index contributed by atoms with van der Waals surface area (Å²) in [7, 11) is 4.66. The quantitative estimate of drug-likeness (QED) is 0.0639. The predicted molar refractivity (Wildman–Crippen MR) is 207 cm³/mol. The Bertz CT molecular complexity index is 1870. The number of ether oxygens (including phenoxy) is 4. The number of carbonyl (C=O) groups is 2. The zero-order valence-electron chi connectivity index (χ0n) is 31.9. The lowest BCUT2D eigenvalue weighted by Crippen LogP contribution is -2.41. The maximum Gasteiger partial charge on any atom is 0.254 e. The van der Waals surface area contributed by atoms with Crippen LogP contribution in [0.3, 0.4) is 0 Å². The number of ketones is 1. The number of hydrogen-bond donors (Lipinski definition) is 0. The number of amides is 1. The Hall–Kier alpha value is -5.13. The van der Waals surface area contributed by atoms with Crippen molar-refractivity contribution in [3.8, 4) is 17.2 Å². The molecule has 2 aliphatic heterocycles. The summed E-state index contributed by atoms with van der Waals surface area (Å²) in [6.45, 7) is 7.08. The van der Waals surface area contributed by atoms with E-state index < -0.39 is 0 Å². The van der Waals surface area contributed by atoms with Gasteiger partial charge in [-0.05, 0) is 88.1 Å². The minimum absolute atomic E-state index is 0.0608. The molecule has 54 heavy (non-hydrogen) atoms. The SMILES string of the molecule is CC=CC=Cc1cnc(C(=O)C2CCN(CCC3(c4ccccc4)CCN(C(=O)c4cc(OC)c(OC)c(OC)c4)C3)CC2)n1CCOCc1ccco1. The van der Waals surface area contributed by atoms with Crippen molar-refractivity contribution in [1.29, 1.82) is 0 Å². The monoisotopic (exact) mass is 736 g/mol. The number of Topliss-reactive ketones (excluding diaryl/α,β-unsaturated/α-hetero) is 1. The number of aromatic nitrogens is 2. The maximum absolute atomic E-state index is 14.0. The molecule has 0 radical (unpaired) electrons. The van der Waals surface area contributed by atoms with Gasteiger partial charge in [0, 0.05) is 36.5 Å². The Morgan fingerprint density at radius 2 is 1.70 bits per heavy atom. The number of piperidine rings is 1. The first-order valence-electron chi connectivity index (χ1n) is 18.8. The van der Waals surface area contributed by atoms with Gasteiger partial charge in [-0.25, -0.2) is 4.98 Å². The first kappa shape index (κ1) is 38.6. The molecule has 2 aromatic heterocycles. The van der Waals surface area contributed by atoms with E-state index in [0.717, 1.165) is 56.8 Å². The first-order chi connectivity index (χ1) is 26.4. The fourth-order valence-corrected chi connectivity index (χ4v) is 7.72. The van der Waals surface area contributed by atoms with Crippen molar-refractivity contribution in [2.24, 2.45) is 5.92 Å². The number of likely N-dealkylation sites (tertiary alicyclic amines) is 2. The van der Waals surface area contributed by atoms with E-state index in [1.54, 1.807) is 45.9 Å². The predicted octanol–water partition coefficient (Wildman–Crippen LogP) is 7.08. The second-order valence-electron chi connectivity index (χ2n) is 13.9. The number of rotatable bonds is 17. The fourth-order valence-electron chi connectivity index (χ4n) is 7.72. The Labute approximate surface area is 318 Å². The van der Waals surface area contributed by atoms with E-state index in [-0.39, 0.29) is 23.0 Å². The smallest absolute Gasteiger partial charge is 0.254 e. The number of methoxy groups -OCH3 is 3. The molecule has 0 N–H and O–H groups in total. The van der Waals surface area contributed by atoms with Gasteiger partial charge < -0.3 is 37.7 Å². The van der Waals surface area contributed by atoms with Crippen LogP contribution in [0, 0.1) is 5.92 Å². The highest BCUT2D eigenvalue weighted by atomic mass is 16.5. The molecule has 0 aliphatic carbocycles. The van der Waals surface area contributed by atoms with Gasteiger partial charge in [-0.3, -0.25) is 9.59 Å². The van der Waals surface area contributed by atoms with Gasteiger partial charge >= 0.3 is 0 Å². The molecule has 4 heterocycles. The minimum atomic E-state index is -0.190. The molecule has 2 fully saturated rings. The van der Waals surface area contributed by atoms with Gasteiger partial charge in [-0.15, -0.1) is 0 Å². The molecular weight excluding hydrogens is 684 g/mol. The van der Waals surface area contributed by atoms with Crippen LogP contribution < -0.4 is 14.2 Å². The van der Waals surface area contributed by atoms with Gasteiger partial charge in [0.05, 0.1) is 46.1 Å².